The second kappa shape index (κ2) is 9.79. The molecule has 2 aromatic carbocycles. The van der Waals surface area contributed by atoms with E-state index in [2.05, 4.69) is 16.0 Å². The van der Waals surface area contributed by atoms with Gasteiger partial charge in [-0.25, -0.2) is 4.98 Å². The number of carbonyl (C=O) groups is 1. The molecular weight excluding hydrogens is 386 g/mol. The topological polar surface area (TPSA) is 56.2 Å². The Bertz CT molecular complexity index is 974. The predicted molar refractivity (Wildman–Crippen MR) is 118 cm³/mol. The number of rotatable bonds is 9. The summed E-state index contributed by atoms with van der Waals surface area (Å²) in [6.07, 6.45) is 2.06. The summed E-state index contributed by atoms with van der Waals surface area (Å²) in [5, 5.41) is 3.72. The van der Waals surface area contributed by atoms with E-state index >= 15 is 0 Å². The van der Waals surface area contributed by atoms with Crippen LogP contribution in [-0.2, 0) is 17.8 Å². The van der Waals surface area contributed by atoms with Crippen molar-refractivity contribution in [2.75, 3.05) is 13.2 Å². The Morgan fingerprint density at radius 1 is 1.21 bits per heavy atom. The summed E-state index contributed by atoms with van der Waals surface area (Å²) in [4.78, 5) is 16.3. The molecule has 0 spiro atoms. The van der Waals surface area contributed by atoms with Gasteiger partial charge in [0, 0.05) is 31.0 Å². The molecule has 1 N–H and O–H groups in total. The van der Waals surface area contributed by atoms with Gasteiger partial charge in [-0.15, -0.1) is 0 Å². The normalized spacial score (nSPS) is 11.0. The average molecular weight is 414 g/mol. The molecule has 0 saturated heterocycles. The quantitative estimate of drug-likeness (QED) is 0.510. The van der Waals surface area contributed by atoms with Gasteiger partial charge in [0.25, 0.3) is 0 Å². The molecule has 3 aromatic rings. The molecular formula is C23H28ClN3O2. The van der Waals surface area contributed by atoms with Crippen LogP contribution in [0.4, 0.5) is 0 Å². The minimum Gasteiger partial charge on any atom is -0.494 e. The van der Waals surface area contributed by atoms with Crippen molar-refractivity contribution < 1.29 is 9.53 Å². The molecule has 0 aliphatic heterocycles. The SMILES string of the molecule is CCC(=O)NCCc1nc2ccccc2n1CCCOc1cc(C)c(Cl)c(C)c1. The van der Waals surface area contributed by atoms with Crippen LogP contribution in [0.3, 0.4) is 0 Å². The molecule has 0 saturated carbocycles. The molecule has 1 amide bonds. The first kappa shape index (κ1) is 21.2. The Hall–Kier alpha value is -2.53. The molecule has 154 valence electrons. The van der Waals surface area contributed by atoms with Crippen LogP contribution in [0.2, 0.25) is 5.02 Å². The molecule has 0 radical (unpaired) electrons. The Kier molecular flexibility index (Phi) is 7.15. The lowest BCUT2D eigenvalue weighted by Gasteiger charge is -2.12. The Labute approximate surface area is 177 Å². The number of imidazole rings is 1. The van der Waals surface area contributed by atoms with Crippen molar-refractivity contribution >= 4 is 28.5 Å². The third-order valence-electron chi connectivity index (χ3n) is 4.93. The van der Waals surface area contributed by atoms with Gasteiger partial charge in [-0.2, -0.15) is 0 Å². The van der Waals surface area contributed by atoms with Gasteiger partial charge < -0.3 is 14.6 Å². The molecule has 0 unspecified atom stereocenters. The number of halogens is 1. The number of hydrogen-bond acceptors (Lipinski definition) is 3. The first-order chi connectivity index (χ1) is 14.0. The fourth-order valence-corrected chi connectivity index (χ4v) is 3.52. The molecule has 6 heteroatoms. The van der Waals surface area contributed by atoms with Gasteiger partial charge in [-0.3, -0.25) is 4.79 Å². The summed E-state index contributed by atoms with van der Waals surface area (Å²) in [7, 11) is 0. The maximum Gasteiger partial charge on any atom is 0.219 e. The number of carbonyl (C=O) groups excluding carboxylic acids is 1. The summed E-state index contributed by atoms with van der Waals surface area (Å²) in [5.41, 5.74) is 4.15. The van der Waals surface area contributed by atoms with E-state index in [1.807, 2.05) is 51.1 Å². The van der Waals surface area contributed by atoms with Gasteiger partial charge >= 0.3 is 0 Å². The fraction of sp³-hybridized carbons (Fsp3) is 0.391. The van der Waals surface area contributed by atoms with Crippen molar-refractivity contribution in [3.8, 4) is 5.75 Å². The lowest BCUT2D eigenvalue weighted by Crippen LogP contribution is -2.25. The minimum absolute atomic E-state index is 0.0645. The predicted octanol–water partition coefficient (Wildman–Crippen LogP) is 4.84. The highest BCUT2D eigenvalue weighted by molar-refractivity contribution is 6.32. The molecule has 3 rings (SSSR count). The third kappa shape index (κ3) is 5.30. The van der Waals surface area contributed by atoms with Crippen LogP contribution < -0.4 is 10.1 Å². The molecule has 0 aliphatic carbocycles. The second-order valence-electron chi connectivity index (χ2n) is 7.19. The van der Waals surface area contributed by atoms with E-state index in [1.165, 1.54) is 0 Å². The van der Waals surface area contributed by atoms with Crippen LogP contribution in [-0.4, -0.2) is 28.6 Å². The number of ether oxygens (including phenoxy) is 1. The minimum atomic E-state index is 0.0645. The molecule has 0 atom stereocenters. The van der Waals surface area contributed by atoms with Crippen LogP contribution in [0.15, 0.2) is 36.4 Å². The highest BCUT2D eigenvalue weighted by Crippen LogP contribution is 2.26. The largest absolute Gasteiger partial charge is 0.494 e. The van der Waals surface area contributed by atoms with Gasteiger partial charge in [-0.1, -0.05) is 30.7 Å². The van der Waals surface area contributed by atoms with E-state index in [1.54, 1.807) is 0 Å². The monoisotopic (exact) mass is 413 g/mol. The van der Waals surface area contributed by atoms with Crippen LogP contribution in [0.5, 0.6) is 5.75 Å². The van der Waals surface area contributed by atoms with Crippen molar-refractivity contribution in [3.05, 3.63) is 58.4 Å². The smallest absolute Gasteiger partial charge is 0.219 e. The molecule has 0 aliphatic rings. The lowest BCUT2D eigenvalue weighted by molar-refractivity contribution is -0.120. The number of para-hydroxylation sites is 2. The number of aryl methyl sites for hydroxylation is 3. The summed E-state index contributed by atoms with van der Waals surface area (Å²) in [6.45, 7) is 7.85. The molecule has 0 bridgehead atoms. The average Bonchev–Trinajstić information content (AvgIpc) is 3.06. The number of benzene rings is 2. The van der Waals surface area contributed by atoms with Crippen molar-refractivity contribution in [1.82, 2.24) is 14.9 Å². The van der Waals surface area contributed by atoms with Gasteiger partial charge in [0.2, 0.25) is 5.91 Å². The van der Waals surface area contributed by atoms with Gasteiger partial charge in [0.15, 0.2) is 0 Å². The zero-order chi connectivity index (χ0) is 20.8. The third-order valence-corrected chi connectivity index (χ3v) is 5.53. The van der Waals surface area contributed by atoms with E-state index in [4.69, 9.17) is 21.3 Å². The Balaban J connectivity index is 1.64. The number of nitrogens with one attached hydrogen (secondary N) is 1. The van der Waals surface area contributed by atoms with Crippen molar-refractivity contribution in [3.63, 3.8) is 0 Å². The number of fused-ring (bicyclic) bond motifs is 1. The standard InChI is InChI=1S/C23H28ClN3O2/c1-4-22(28)25-11-10-21-26-19-8-5-6-9-20(19)27(21)12-7-13-29-18-14-16(2)23(24)17(3)15-18/h5-6,8-9,14-15H,4,7,10-13H2,1-3H3,(H,25,28). The molecule has 5 nitrogen and oxygen atoms in total. The highest BCUT2D eigenvalue weighted by atomic mass is 35.5. The Morgan fingerprint density at radius 3 is 2.66 bits per heavy atom. The number of nitrogens with zero attached hydrogens (tertiary/aromatic N) is 2. The van der Waals surface area contributed by atoms with Gasteiger partial charge in [-0.05, 0) is 55.7 Å². The van der Waals surface area contributed by atoms with E-state index in [-0.39, 0.29) is 5.91 Å². The van der Waals surface area contributed by atoms with Crippen molar-refractivity contribution in [2.24, 2.45) is 0 Å². The number of amides is 1. The van der Waals surface area contributed by atoms with Crippen LogP contribution in [0, 0.1) is 13.8 Å². The molecule has 1 heterocycles. The second-order valence-corrected chi connectivity index (χ2v) is 7.57. The zero-order valence-corrected chi connectivity index (χ0v) is 18.1. The van der Waals surface area contributed by atoms with E-state index in [0.717, 1.165) is 51.7 Å². The fourth-order valence-electron chi connectivity index (χ4n) is 3.41. The molecule has 29 heavy (non-hydrogen) atoms. The first-order valence-corrected chi connectivity index (χ1v) is 10.5. The van der Waals surface area contributed by atoms with Gasteiger partial charge in [0.05, 0.1) is 17.6 Å². The summed E-state index contributed by atoms with van der Waals surface area (Å²) in [6, 6.07) is 12.1. The molecule has 1 aromatic heterocycles. The lowest BCUT2D eigenvalue weighted by atomic mass is 10.1. The van der Waals surface area contributed by atoms with E-state index in [9.17, 15) is 4.79 Å². The highest BCUT2D eigenvalue weighted by Gasteiger charge is 2.11. The number of hydrogen-bond donors (Lipinski definition) is 1. The summed E-state index contributed by atoms with van der Waals surface area (Å²) in [5.74, 6) is 1.90. The van der Waals surface area contributed by atoms with Crippen LogP contribution in [0.25, 0.3) is 11.0 Å². The molecule has 0 fully saturated rings. The van der Waals surface area contributed by atoms with Gasteiger partial charge in [0.1, 0.15) is 11.6 Å². The first-order valence-electron chi connectivity index (χ1n) is 10.1. The zero-order valence-electron chi connectivity index (χ0n) is 17.3. The van der Waals surface area contributed by atoms with E-state index < -0.39 is 0 Å². The van der Waals surface area contributed by atoms with E-state index in [0.29, 0.717) is 26.0 Å². The maximum absolute atomic E-state index is 11.5. The van der Waals surface area contributed by atoms with Crippen molar-refractivity contribution in [1.29, 1.82) is 0 Å². The van der Waals surface area contributed by atoms with Crippen LogP contribution in [0.1, 0.15) is 36.7 Å². The summed E-state index contributed by atoms with van der Waals surface area (Å²) < 4.78 is 8.18. The maximum atomic E-state index is 11.5. The van der Waals surface area contributed by atoms with Crippen molar-refractivity contribution in [2.45, 2.75) is 46.6 Å². The number of aromatic nitrogens is 2. The summed E-state index contributed by atoms with van der Waals surface area (Å²) >= 11 is 6.23. The Morgan fingerprint density at radius 2 is 1.93 bits per heavy atom. The van der Waals surface area contributed by atoms with Crippen LogP contribution >= 0.6 is 11.6 Å².